The second-order valence-electron chi connectivity index (χ2n) is 5.87. The zero-order valence-electron chi connectivity index (χ0n) is 12.4. The number of benzene rings is 1. The maximum atomic E-state index is 12.9. The molecule has 0 unspecified atom stereocenters. The summed E-state index contributed by atoms with van der Waals surface area (Å²) in [6.07, 6.45) is 3.33. The number of hydrogen-bond donors (Lipinski definition) is 0. The van der Waals surface area contributed by atoms with Crippen LogP contribution in [0.5, 0.6) is 0 Å². The van der Waals surface area contributed by atoms with E-state index in [1.54, 1.807) is 4.68 Å². The van der Waals surface area contributed by atoms with Crippen molar-refractivity contribution in [3.05, 3.63) is 52.3 Å². The highest BCUT2D eigenvalue weighted by Gasteiger charge is 2.45. The van der Waals surface area contributed by atoms with E-state index in [2.05, 4.69) is 17.2 Å². The summed E-state index contributed by atoms with van der Waals surface area (Å²) in [7, 11) is 1.84. The van der Waals surface area contributed by atoms with Crippen molar-refractivity contribution in [2.75, 3.05) is 0 Å². The Hall–Kier alpha value is -1.61. The van der Waals surface area contributed by atoms with E-state index in [-0.39, 0.29) is 11.2 Å². The highest BCUT2D eigenvalue weighted by molar-refractivity contribution is 6.32. The number of ketones is 1. The highest BCUT2D eigenvalue weighted by Crippen LogP contribution is 2.45. The van der Waals surface area contributed by atoms with Gasteiger partial charge in [0.1, 0.15) is 5.78 Å². The largest absolute Gasteiger partial charge is 0.298 e. The lowest BCUT2D eigenvalue weighted by Crippen LogP contribution is -2.43. The van der Waals surface area contributed by atoms with Gasteiger partial charge in [-0.1, -0.05) is 48.4 Å². The molecule has 1 fully saturated rings. The Morgan fingerprint density at radius 3 is 2.48 bits per heavy atom. The Morgan fingerprint density at radius 2 is 2.00 bits per heavy atom. The van der Waals surface area contributed by atoms with Crippen LogP contribution in [0.1, 0.15) is 36.2 Å². The van der Waals surface area contributed by atoms with E-state index in [4.69, 9.17) is 11.6 Å². The van der Waals surface area contributed by atoms with Crippen molar-refractivity contribution in [1.82, 2.24) is 9.78 Å². The molecule has 0 saturated heterocycles. The molecule has 1 saturated carbocycles. The molecule has 21 heavy (non-hydrogen) atoms. The fraction of sp³-hybridized carbons (Fsp3) is 0.412. The predicted octanol–water partition coefficient (Wildman–Crippen LogP) is 3.62. The van der Waals surface area contributed by atoms with Crippen molar-refractivity contribution in [2.24, 2.45) is 7.05 Å². The molecule has 1 aromatic carbocycles. The molecule has 0 radical (unpaired) electrons. The second-order valence-corrected chi connectivity index (χ2v) is 6.25. The van der Waals surface area contributed by atoms with Crippen molar-refractivity contribution >= 4 is 17.4 Å². The summed E-state index contributed by atoms with van der Waals surface area (Å²) in [6, 6.07) is 10.1. The average molecular weight is 303 g/mol. The summed E-state index contributed by atoms with van der Waals surface area (Å²) in [4.78, 5) is 12.9. The van der Waals surface area contributed by atoms with E-state index in [0.29, 0.717) is 11.4 Å². The van der Waals surface area contributed by atoms with E-state index in [1.807, 2.05) is 32.2 Å². The summed E-state index contributed by atoms with van der Waals surface area (Å²) in [6.45, 7) is 1.87. The Balaban J connectivity index is 1.90. The molecule has 0 spiro atoms. The van der Waals surface area contributed by atoms with Gasteiger partial charge in [-0.2, -0.15) is 5.10 Å². The molecule has 1 aliphatic carbocycles. The smallest absolute Gasteiger partial charge is 0.149 e. The van der Waals surface area contributed by atoms with Gasteiger partial charge >= 0.3 is 0 Å². The van der Waals surface area contributed by atoms with E-state index >= 15 is 0 Å². The van der Waals surface area contributed by atoms with Crippen molar-refractivity contribution in [3.8, 4) is 0 Å². The van der Waals surface area contributed by atoms with Crippen LogP contribution in [0.15, 0.2) is 30.3 Å². The Morgan fingerprint density at radius 1 is 1.33 bits per heavy atom. The van der Waals surface area contributed by atoms with Gasteiger partial charge in [-0.25, -0.2) is 0 Å². The van der Waals surface area contributed by atoms with Crippen LogP contribution >= 0.6 is 11.6 Å². The topological polar surface area (TPSA) is 34.9 Å². The number of aryl methyl sites for hydroxylation is 2. The van der Waals surface area contributed by atoms with Gasteiger partial charge in [0.25, 0.3) is 0 Å². The van der Waals surface area contributed by atoms with Crippen LogP contribution in [-0.4, -0.2) is 15.6 Å². The number of aromatic nitrogens is 2. The van der Waals surface area contributed by atoms with Gasteiger partial charge in [-0.15, -0.1) is 0 Å². The number of carbonyl (C=O) groups excluding carboxylic acids is 1. The number of halogens is 1. The lowest BCUT2D eigenvalue weighted by atomic mass is 9.61. The number of Topliss-reactive ketones (excluding diaryl/α,β-unsaturated/α-hetero) is 1. The third-order valence-electron chi connectivity index (χ3n) is 4.66. The molecule has 1 aliphatic rings. The van der Waals surface area contributed by atoms with E-state index in [0.717, 1.165) is 36.2 Å². The van der Waals surface area contributed by atoms with Gasteiger partial charge in [0.15, 0.2) is 0 Å². The van der Waals surface area contributed by atoms with Crippen LogP contribution in [0.3, 0.4) is 0 Å². The lowest BCUT2D eigenvalue weighted by Gasteiger charge is -2.41. The standard InChI is InChI=1S/C17H19ClN2O/c1-12-16(18)14(20(2)19-12)11-15(21)17(9-6-10-17)13-7-4-3-5-8-13/h3-5,7-8H,6,9-11H2,1-2H3. The van der Waals surface area contributed by atoms with Crippen LogP contribution in [0.4, 0.5) is 0 Å². The van der Waals surface area contributed by atoms with Gasteiger partial charge in [0.05, 0.1) is 28.2 Å². The first kappa shape index (κ1) is 14.3. The molecule has 2 aromatic rings. The molecule has 0 atom stereocenters. The molecule has 0 N–H and O–H groups in total. The van der Waals surface area contributed by atoms with E-state index < -0.39 is 0 Å². The Bertz CT molecular complexity index is 672. The molecular formula is C17H19ClN2O. The number of rotatable bonds is 4. The zero-order valence-corrected chi connectivity index (χ0v) is 13.2. The molecule has 1 aromatic heterocycles. The molecule has 4 heteroatoms. The molecule has 0 bridgehead atoms. The first-order chi connectivity index (χ1) is 10.0. The maximum absolute atomic E-state index is 12.9. The fourth-order valence-electron chi connectivity index (χ4n) is 3.21. The van der Waals surface area contributed by atoms with Crippen LogP contribution in [0.2, 0.25) is 5.02 Å². The first-order valence-corrected chi connectivity index (χ1v) is 7.69. The molecular weight excluding hydrogens is 284 g/mol. The van der Waals surface area contributed by atoms with Crippen molar-refractivity contribution in [3.63, 3.8) is 0 Å². The zero-order chi connectivity index (χ0) is 15.0. The van der Waals surface area contributed by atoms with E-state index in [9.17, 15) is 4.79 Å². The lowest BCUT2D eigenvalue weighted by molar-refractivity contribution is -0.127. The molecule has 0 amide bonds. The number of carbonyl (C=O) groups is 1. The fourth-order valence-corrected chi connectivity index (χ4v) is 3.44. The number of nitrogens with zero attached hydrogens (tertiary/aromatic N) is 2. The molecule has 0 aliphatic heterocycles. The minimum atomic E-state index is -0.317. The quantitative estimate of drug-likeness (QED) is 0.864. The van der Waals surface area contributed by atoms with Crippen LogP contribution in [-0.2, 0) is 23.7 Å². The molecule has 1 heterocycles. The Labute approximate surface area is 129 Å². The monoisotopic (exact) mass is 302 g/mol. The van der Waals surface area contributed by atoms with Gasteiger partial charge in [-0.3, -0.25) is 9.48 Å². The van der Waals surface area contributed by atoms with Crippen molar-refractivity contribution in [1.29, 1.82) is 0 Å². The average Bonchev–Trinajstić information content (AvgIpc) is 2.65. The summed E-state index contributed by atoms with van der Waals surface area (Å²) in [5, 5.41) is 4.91. The SMILES string of the molecule is Cc1nn(C)c(CC(=O)C2(c3ccccc3)CCC2)c1Cl. The third-order valence-corrected chi connectivity index (χ3v) is 5.15. The summed E-state index contributed by atoms with van der Waals surface area (Å²) >= 11 is 6.28. The van der Waals surface area contributed by atoms with E-state index in [1.165, 1.54) is 0 Å². The minimum Gasteiger partial charge on any atom is -0.298 e. The summed E-state index contributed by atoms with van der Waals surface area (Å²) in [5.74, 6) is 0.254. The molecule has 110 valence electrons. The van der Waals surface area contributed by atoms with Gasteiger partial charge in [-0.05, 0) is 25.3 Å². The maximum Gasteiger partial charge on any atom is 0.149 e. The Kier molecular flexibility index (Phi) is 3.62. The summed E-state index contributed by atoms with van der Waals surface area (Å²) in [5.41, 5.74) is 2.42. The highest BCUT2D eigenvalue weighted by atomic mass is 35.5. The predicted molar refractivity (Wildman–Crippen MR) is 83.6 cm³/mol. The summed E-state index contributed by atoms with van der Waals surface area (Å²) < 4.78 is 1.73. The first-order valence-electron chi connectivity index (χ1n) is 7.31. The van der Waals surface area contributed by atoms with Gasteiger partial charge in [0.2, 0.25) is 0 Å². The van der Waals surface area contributed by atoms with Crippen molar-refractivity contribution < 1.29 is 4.79 Å². The number of hydrogen-bond acceptors (Lipinski definition) is 2. The van der Waals surface area contributed by atoms with Crippen LogP contribution in [0.25, 0.3) is 0 Å². The van der Waals surface area contributed by atoms with Crippen molar-refractivity contribution in [2.45, 2.75) is 38.0 Å². The molecule has 3 nitrogen and oxygen atoms in total. The second kappa shape index (κ2) is 5.30. The van der Waals surface area contributed by atoms with Gasteiger partial charge in [0, 0.05) is 7.05 Å². The normalized spacial score (nSPS) is 16.5. The van der Waals surface area contributed by atoms with Crippen LogP contribution < -0.4 is 0 Å². The molecule has 3 rings (SSSR count). The minimum absolute atomic E-state index is 0.254. The van der Waals surface area contributed by atoms with Crippen LogP contribution in [0, 0.1) is 6.92 Å². The van der Waals surface area contributed by atoms with Gasteiger partial charge < -0.3 is 0 Å². The third kappa shape index (κ3) is 2.30.